The van der Waals surface area contributed by atoms with Crippen LogP contribution >= 0.6 is 11.6 Å². The van der Waals surface area contributed by atoms with E-state index in [1.807, 2.05) is 0 Å². The highest BCUT2D eigenvalue weighted by Crippen LogP contribution is 2.37. The van der Waals surface area contributed by atoms with Crippen molar-refractivity contribution in [2.45, 2.75) is 39.3 Å². The van der Waals surface area contributed by atoms with Gasteiger partial charge in [0.1, 0.15) is 17.9 Å². The van der Waals surface area contributed by atoms with E-state index in [1.165, 1.54) is 31.5 Å². The summed E-state index contributed by atoms with van der Waals surface area (Å²) in [5.41, 5.74) is -1.27. The molecule has 0 saturated heterocycles. The summed E-state index contributed by atoms with van der Waals surface area (Å²) in [6, 6.07) is 5.04. The van der Waals surface area contributed by atoms with Crippen LogP contribution in [0.2, 0.25) is 5.02 Å². The normalized spacial score (nSPS) is 11.6. The third kappa shape index (κ3) is 5.29. The molecule has 0 aliphatic rings. The molecule has 2 aromatic rings. The SMILES string of the molecule is COc1cn(CC(=O)OC(C)(C)C)c(=O)cc1-c1cc(Cl)ccc1C(F)F. The van der Waals surface area contributed by atoms with Gasteiger partial charge < -0.3 is 14.0 Å². The minimum absolute atomic E-state index is 0.0934. The first kappa shape index (κ1) is 20.9. The van der Waals surface area contributed by atoms with Crippen LogP contribution < -0.4 is 10.3 Å². The summed E-state index contributed by atoms with van der Waals surface area (Å²) in [6.07, 6.45) is -1.47. The van der Waals surface area contributed by atoms with Crippen molar-refractivity contribution in [2.75, 3.05) is 7.11 Å². The van der Waals surface area contributed by atoms with Gasteiger partial charge in [0.15, 0.2) is 0 Å². The van der Waals surface area contributed by atoms with E-state index in [9.17, 15) is 18.4 Å². The summed E-state index contributed by atoms with van der Waals surface area (Å²) in [5.74, 6) is -0.447. The molecule has 0 aliphatic carbocycles. The van der Waals surface area contributed by atoms with Gasteiger partial charge in [-0.15, -0.1) is 0 Å². The van der Waals surface area contributed by atoms with Gasteiger partial charge in [0.05, 0.1) is 13.3 Å². The molecule has 0 saturated carbocycles. The molecule has 1 aromatic carbocycles. The lowest BCUT2D eigenvalue weighted by Gasteiger charge is -2.20. The lowest BCUT2D eigenvalue weighted by molar-refractivity contribution is -0.155. The van der Waals surface area contributed by atoms with Gasteiger partial charge in [0.25, 0.3) is 12.0 Å². The fourth-order valence-electron chi connectivity index (χ4n) is 2.51. The third-order valence-electron chi connectivity index (χ3n) is 3.57. The van der Waals surface area contributed by atoms with Crippen LogP contribution in [0.15, 0.2) is 35.3 Å². The number of carbonyl (C=O) groups excluding carboxylic acids is 1. The maximum absolute atomic E-state index is 13.4. The lowest BCUT2D eigenvalue weighted by atomic mass is 10.00. The van der Waals surface area contributed by atoms with E-state index in [4.69, 9.17) is 21.1 Å². The predicted molar refractivity (Wildman–Crippen MR) is 98.5 cm³/mol. The monoisotopic (exact) mass is 399 g/mol. The first-order chi connectivity index (χ1) is 12.5. The number of ether oxygens (including phenoxy) is 2. The van der Waals surface area contributed by atoms with E-state index >= 15 is 0 Å². The van der Waals surface area contributed by atoms with Gasteiger partial charge in [-0.05, 0) is 38.5 Å². The Morgan fingerprint density at radius 3 is 2.44 bits per heavy atom. The molecular weight excluding hydrogens is 380 g/mol. The topological polar surface area (TPSA) is 57.5 Å². The predicted octanol–water partition coefficient (Wildman–Crippen LogP) is 4.46. The van der Waals surface area contributed by atoms with Crippen LogP contribution in [0.1, 0.15) is 32.8 Å². The minimum atomic E-state index is -2.76. The Labute approximate surface area is 160 Å². The molecular formula is C19H20ClF2NO4. The van der Waals surface area contributed by atoms with E-state index < -0.39 is 23.6 Å². The molecule has 0 fully saturated rings. The second-order valence-corrected chi connectivity index (χ2v) is 7.28. The van der Waals surface area contributed by atoms with Crippen molar-refractivity contribution in [3.05, 3.63) is 51.4 Å². The summed E-state index contributed by atoms with van der Waals surface area (Å²) < 4.78 is 38.3. The Kier molecular flexibility index (Phi) is 6.26. The Morgan fingerprint density at radius 2 is 1.89 bits per heavy atom. The van der Waals surface area contributed by atoms with Crippen molar-refractivity contribution in [2.24, 2.45) is 0 Å². The molecule has 0 spiro atoms. The largest absolute Gasteiger partial charge is 0.495 e. The maximum Gasteiger partial charge on any atom is 0.326 e. The number of hydrogen-bond donors (Lipinski definition) is 0. The van der Waals surface area contributed by atoms with Crippen LogP contribution in [0.25, 0.3) is 11.1 Å². The molecule has 27 heavy (non-hydrogen) atoms. The molecule has 0 atom stereocenters. The number of rotatable bonds is 5. The number of carbonyl (C=O) groups is 1. The van der Waals surface area contributed by atoms with Crippen LogP contribution in [0.4, 0.5) is 8.78 Å². The number of nitrogens with zero attached hydrogens (tertiary/aromatic N) is 1. The molecule has 2 rings (SSSR count). The average Bonchev–Trinajstić information content (AvgIpc) is 2.54. The zero-order chi connectivity index (χ0) is 20.4. The van der Waals surface area contributed by atoms with Crippen molar-refractivity contribution in [1.29, 1.82) is 0 Å². The first-order valence-corrected chi connectivity index (χ1v) is 8.48. The highest BCUT2D eigenvalue weighted by Gasteiger charge is 2.21. The van der Waals surface area contributed by atoms with E-state index in [0.29, 0.717) is 0 Å². The molecule has 0 N–H and O–H groups in total. The van der Waals surface area contributed by atoms with Crippen LogP contribution in [0.5, 0.6) is 5.75 Å². The van der Waals surface area contributed by atoms with E-state index in [1.54, 1.807) is 20.8 Å². The number of esters is 1. The highest BCUT2D eigenvalue weighted by molar-refractivity contribution is 6.30. The molecule has 1 aromatic heterocycles. The quantitative estimate of drug-likeness (QED) is 0.697. The Hall–Kier alpha value is -2.41. The number of methoxy groups -OCH3 is 1. The van der Waals surface area contributed by atoms with Crippen LogP contribution in [0, 0.1) is 0 Å². The van der Waals surface area contributed by atoms with Crippen molar-refractivity contribution in [1.82, 2.24) is 4.57 Å². The Bertz CT molecular complexity index is 904. The second kappa shape index (κ2) is 8.08. The number of aromatic nitrogens is 1. The summed E-state index contributed by atoms with van der Waals surface area (Å²) in [5, 5.41) is 0.245. The summed E-state index contributed by atoms with van der Waals surface area (Å²) in [4.78, 5) is 24.4. The number of pyridine rings is 1. The Balaban J connectivity index is 2.50. The van der Waals surface area contributed by atoms with Crippen LogP contribution in [0.3, 0.4) is 0 Å². The van der Waals surface area contributed by atoms with Gasteiger partial charge in [0, 0.05) is 22.2 Å². The zero-order valence-corrected chi connectivity index (χ0v) is 16.1. The summed E-state index contributed by atoms with van der Waals surface area (Å²) >= 11 is 5.94. The second-order valence-electron chi connectivity index (χ2n) is 6.84. The third-order valence-corrected chi connectivity index (χ3v) is 3.80. The molecule has 1 heterocycles. The molecule has 146 valence electrons. The molecule has 0 aliphatic heterocycles. The molecule has 0 bridgehead atoms. The average molecular weight is 400 g/mol. The highest BCUT2D eigenvalue weighted by atomic mass is 35.5. The first-order valence-electron chi connectivity index (χ1n) is 8.10. The lowest BCUT2D eigenvalue weighted by Crippen LogP contribution is -2.30. The van der Waals surface area contributed by atoms with Crippen LogP contribution in [-0.2, 0) is 16.1 Å². The van der Waals surface area contributed by atoms with Gasteiger partial charge in [0.2, 0.25) is 0 Å². The smallest absolute Gasteiger partial charge is 0.326 e. The number of alkyl halides is 2. The summed E-state index contributed by atoms with van der Waals surface area (Å²) in [7, 11) is 1.34. The van der Waals surface area contributed by atoms with Crippen molar-refractivity contribution in [3.63, 3.8) is 0 Å². The van der Waals surface area contributed by atoms with Gasteiger partial charge in [-0.2, -0.15) is 0 Å². The Morgan fingerprint density at radius 1 is 1.22 bits per heavy atom. The van der Waals surface area contributed by atoms with Crippen molar-refractivity contribution < 1.29 is 23.0 Å². The number of hydrogen-bond acceptors (Lipinski definition) is 4. The standard InChI is InChI=1S/C19H20ClF2NO4/c1-19(2,3)27-17(25)10-23-9-15(26-4)14(8-16(23)24)13-7-11(20)5-6-12(13)18(21)22/h5-9,18H,10H2,1-4H3. The fourth-order valence-corrected chi connectivity index (χ4v) is 2.69. The number of halogens is 3. The summed E-state index contributed by atoms with van der Waals surface area (Å²) in [6.45, 7) is 4.80. The van der Waals surface area contributed by atoms with E-state index in [0.717, 1.165) is 10.6 Å². The van der Waals surface area contributed by atoms with E-state index in [-0.39, 0.29) is 34.0 Å². The van der Waals surface area contributed by atoms with Gasteiger partial charge >= 0.3 is 5.97 Å². The molecule has 0 amide bonds. The molecule has 0 unspecified atom stereocenters. The molecule has 5 nitrogen and oxygen atoms in total. The zero-order valence-electron chi connectivity index (χ0n) is 15.4. The molecule has 8 heteroatoms. The number of benzene rings is 1. The fraction of sp³-hybridized carbons (Fsp3) is 0.368. The van der Waals surface area contributed by atoms with Gasteiger partial charge in [-0.25, -0.2) is 8.78 Å². The van der Waals surface area contributed by atoms with E-state index in [2.05, 4.69) is 0 Å². The molecule has 0 radical (unpaired) electrons. The van der Waals surface area contributed by atoms with Gasteiger partial charge in [-0.3, -0.25) is 9.59 Å². The maximum atomic E-state index is 13.4. The minimum Gasteiger partial charge on any atom is -0.495 e. The van der Waals surface area contributed by atoms with Crippen LogP contribution in [-0.4, -0.2) is 23.2 Å². The van der Waals surface area contributed by atoms with Crippen molar-refractivity contribution >= 4 is 17.6 Å². The van der Waals surface area contributed by atoms with Gasteiger partial charge in [-0.1, -0.05) is 17.7 Å². The van der Waals surface area contributed by atoms with Crippen molar-refractivity contribution in [3.8, 4) is 16.9 Å².